The standard InChI is InChI=1S/C25H44N4O5S2/c1-22-12-14-24(15-13-22)35(30,31)26-16-7-17-28(21-23-9-3-2-4-10-23)18-8-20-29-19-6-5-11-25(29)27-36(32,33)34/h12-15,23,25-27H,2-11,16-21H2,1H3,(H,32,33,34). The van der Waals surface area contributed by atoms with Gasteiger partial charge in [0.2, 0.25) is 10.0 Å². The van der Waals surface area contributed by atoms with Gasteiger partial charge in [-0.3, -0.25) is 9.45 Å². The number of piperidine rings is 1. The first-order valence-corrected chi connectivity index (χ1v) is 16.3. The highest BCUT2D eigenvalue weighted by atomic mass is 32.2. The summed E-state index contributed by atoms with van der Waals surface area (Å²) < 4.78 is 62.2. The fourth-order valence-corrected chi connectivity index (χ4v) is 7.09. The van der Waals surface area contributed by atoms with Gasteiger partial charge < -0.3 is 4.90 Å². The van der Waals surface area contributed by atoms with Crippen LogP contribution in [0.25, 0.3) is 0 Å². The van der Waals surface area contributed by atoms with E-state index in [9.17, 15) is 21.4 Å². The highest BCUT2D eigenvalue weighted by Gasteiger charge is 2.26. The van der Waals surface area contributed by atoms with E-state index in [2.05, 4.69) is 19.2 Å². The van der Waals surface area contributed by atoms with Gasteiger partial charge in [0.1, 0.15) is 0 Å². The van der Waals surface area contributed by atoms with Gasteiger partial charge in [-0.15, -0.1) is 0 Å². The maximum absolute atomic E-state index is 12.6. The number of nitrogens with one attached hydrogen (secondary N) is 2. The SMILES string of the molecule is Cc1ccc(S(=O)(=O)NCCCN(CCCN2CCCCC2NS(=O)(=O)O)CC2CCCCC2)cc1. The molecule has 11 heteroatoms. The van der Waals surface area contributed by atoms with Crippen molar-refractivity contribution in [1.29, 1.82) is 0 Å². The molecule has 2 fully saturated rings. The Morgan fingerprint density at radius 2 is 1.61 bits per heavy atom. The highest BCUT2D eigenvalue weighted by Crippen LogP contribution is 2.25. The second kappa shape index (κ2) is 14.2. The molecule has 1 heterocycles. The van der Waals surface area contributed by atoms with Crippen LogP contribution in [0.1, 0.15) is 69.8 Å². The van der Waals surface area contributed by atoms with Crippen LogP contribution in [0.15, 0.2) is 29.2 Å². The summed E-state index contributed by atoms with van der Waals surface area (Å²) in [5.74, 6) is 0.687. The first kappa shape index (κ1) is 29.5. The Balaban J connectivity index is 1.49. The molecule has 3 N–H and O–H groups in total. The fourth-order valence-electron chi connectivity index (χ4n) is 5.40. The molecule has 1 saturated heterocycles. The average molecular weight is 545 g/mol. The fraction of sp³-hybridized carbons (Fsp3) is 0.760. The molecular weight excluding hydrogens is 500 g/mol. The number of aryl methyl sites for hydroxylation is 1. The van der Waals surface area contributed by atoms with Crippen molar-refractivity contribution in [2.24, 2.45) is 5.92 Å². The van der Waals surface area contributed by atoms with Gasteiger partial charge in [0, 0.05) is 19.6 Å². The second-order valence-electron chi connectivity index (χ2n) is 10.4. The number of hydrogen-bond acceptors (Lipinski definition) is 6. The van der Waals surface area contributed by atoms with Crippen LogP contribution in [0.3, 0.4) is 0 Å². The van der Waals surface area contributed by atoms with Crippen molar-refractivity contribution in [1.82, 2.24) is 19.2 Å². The van der Waals surface area contributed by atoms with E-state index in [1.165, 1.54) is 32.1 Å². The topological polar surface area (TPSA) is 119 Å². The molecule has 2 aliphatic rings. The van der Waals surface area contributed by atoms with Crippen molar-refractivity contribution in [3.8, 4) is 0 Å². The van der Waals surface area contributed by atoms with E-state index in [1.807, 2.05) is 6.92 Å². The van der Waals surface area contributed by atoms with Gasteiger partial charge in [0.25, 0.3) is 0 Å². The predicted octanol–water partition coefficient (Wildman–Crippen LogP) is 3.14. The summed E-state index contributed by atoms with van der Waals surface area (Å²) >= 11 is 0. The van der Waals surface area contributed by atoms with Crippen LogP contribution in [0.2, 0.25) is 0 Å². The molecule has 1 saturated carbocycles. The predicted molar refractivity (Wildman–Crippen MR) is 143 cm³/mol. The monoisotopic (exact) mass is 544 g/mol. The molecule has 0 aromatic heterocycles. The largest absolute Gasteiger partial charge is 0.334 e. The lowest BCUT2D eigenvalue weighted by Gasteiger charge is -2.36. The molecule has 0 spiro atoms. The maximum atomic E-state index is 12.6. The zero-order valence-corrected chi connectivity index (χ0v) is 23.2. The first-order valence-electron chi connectivity index (χ1n) is 13.4. The second-order valence-corrected chi connectivity index (χ2v) is 13.3. The average Bonchev–Trinajstić information content (AvgIpc) is 2.83. The summed E-state index contributed by atoms with van der Waals surface area (Å²) in [4.78, 5) is 4.86. The number of hydrogen-bond donors (Lipinski definition) is 3. The van der Waals surface area contributed by atoms with E-state index in [0.29, 0.717) is 23.8 Å². The molecule has 0 bridgehead atoms. The van der Waals surface area contributed by atoms with Crippen LogP contribution in [0.5, 0.6) is 0 Å². The number of sulfonamides is 1. The molecule has 206 valence electrons. The number of rotatable bonds is 14. The van der Waals surface area contributed by atoms with Crippen molar-refractivity contribution in [3.05, 3.63) is 29.8 Å². The Labute approximate surface area is 217 Å². The first-order chi connectivity index (χ1) is 17.1. The molecule has 1 unspecified atom stereocenters. The summed E-state index contributed by atoms with van der Waals surface area (Å²) in [5, 5.41) is 0. The molecule has 9 nitrogen and oxygen atoms in total. The van der Waals surface area contributed by atoms with Crippen LogP contribution in [0, 0.1) is 12.8 Å². The Kier molecular flexibility index (Phi) is 11.6. The molecule has 1 aromatic carbocycles. The van der Waals surface area contributed by atoms with Crippen LogP contribution in [0.4, 0.5) is 0 Å². The minimum Gasteiger partial charge on any atom is -0.303 e. The third-order valence-corrected chi connectivity index (χ3v) is 9.38. The van der Waals surface area contributed by atoms with E-state index in [-0.39, 0.29) is 6.17 Å². The van der Waals surface area contributed by atoms with Crippen LogP contribution in [-0.4, -0.2) is 76.6 Å². The highest BCUT2D eigenvalue weighted by molar-refractivity contribution is 7.89. The molecule has 1 atom stereocenters. The van der Waals surface area contributed by atoms with Gasteiger partial charge >= 0.3 is 10.3 Å². The van der Waals surface area contributed by atoms with Crippen molar-refractivity contribution < 1.29 is 21.4 Å². The summed E-state index contributed by atoms with van der Waals surface area (Å²) in [7, 11) is -7.73. The van der Waals surface area contributed by atoms with Crippen molar-refractivity contribution >= 4 is 20.3 Å². The molecule has 0 radical (unpaired) electrons. The van der Waals surface area contributed by atoms with Crippen LogP contribution < -0.4 is 9.44 Å². The number of nitrogens with zero attached hydrogens (tertiary/aromatic N) is 2. The summed E-state index contributed by atoms with van der Waals surface area (Å²) in [6.45, 7) is 6.63. The minimum absolute atomic E-state index is 0.293. The van der Waals surface area contributed by atoms with Gasteiger partial charge in [0.15, 0.2) is 0 Å². The van der Waals surface area contributed by atoms with Crippen molar-refractivity contribution in [2.45, 2.75) is 82.2 Å². The van der Waals surface area contributed by atoms with E-state index in [1.54, 1.807) is 24.3 Å². The lowest BCUT2D eigenvalue weighted by Crippen LogP contribution is -2.51. The van der Waals surface area contributed by atoms with Crippen LogP contribution >= 0.6 is 0 Å². The number of benzene rings is 1. The summed E-state index contributed by atoms with van der Waals surface area (Å²) in [6, 6.07) is 6.88. The Morgan fingerprint density at radius 1 is 0.944 bits per heavy atom. The third-order valence-electron chi connectivity index (χ3n) is 7.33. The van der Waals surface area contributed by atoms with Gasteiger partial charge in [-0.1, -0.05) is 37.0 Å². The van der Waals surface area contributed by atoms with Crippen molar-refractivity contribution in [3.63, 3.8) is 0 Å². The normalized spacial score (nSPS) is 20.7. The van der Waals surface area contributed by atoms with E-state index >= 15 is 0 Å². The van der Waals surface area contributed by atoms with E-state index in [4.69, 9.17) is 0 Å². The van der Waals surface area contributed by atoms with Gasteiger partial charge in [0.05, 0.1) is 11.1 Å². The molecule has 36 heavy (non-hydrogen) atoms. The zero-order valence-electron chi connectivity index (χ0n) is 21.6. The quantitative estimate of drug-likeness (QED) is 0.243. The molecule has 1 aliphatic carbocycles. The van der Waals surface area contributed by atoms with Crippen molar-refractivity contribution in [2.75, 3.05) is 39.3 Å². The Bertz CT molecular complexity index is 996. The van der Waals surface area contributed by atoms with Crippen LogP contribution in [-0.2, 0) is 20.3 Å². The minimum atomic E-state index is -4.22. The molecule has 3 rings (SSSR count). The molecule has 1 aliphatic heterocycles. The zero-order chi connectivity index (χ0) is 26.0. The third kappa shape index (κ3) is 10.4. The lowest BCUT2D eigenvalue weighted by molar-refractivity contribution is 0.123. The van der Waals surface area contributed by atoms with Gasteiger partial charge in [-0.25, -0.2) is 13.1 Å². The lowest BCUT2D eigenvalue weighted by atomic mass is 9.89. The molecular formula is C25H44N4O5S2. The van der Waals surface area contributed by atoms with E-state index in [0.717, 1.165) is 64.0 Å². The van der Waals surface area contributed by atoms with Gasteiger partial charge in [-0.05, 0) is 89.6 Å². The van der Waals surface area contributed by atoms with E-state index < -0.39 is 20.3 Å². The van der Waals surface area contributed by atoms with Gasteiger partial charge in [-0.2, -0.15) is 13.1 Å². The summed E-state index contributed by atoms with van der Waals surface area (Å²) in [5.41, 5.74) is 1.02. The Hall–Kier alpha value is -1.08. The Morgan fingerprint density at radius 3 is 2.31 bits per heavy atom. The smallest absolute Gasteiger partial charge is 0.303 e. The number of likely N-dealkylation sites (tertiary alicyclic amines) is 1. The summed E-state index contributed by atoms with van der Waals surface area (Å²) in [6.07, 6.45) is 10.3. The molecule has 0 amide bonds. The molecule has 1 aromatic rings. The maximum Gasteiger partial charge on any atom is 0.334 e.